The van der Waals surface area contributed by atoms with Crippen LogP contribution in [0.25, 0.3) is 0 Å². The molecule has 3 rings (SSSR count). The van der Waals surface area contributed by atoms with E-state index >= 15 is 0 Å². The summed E-state index contributed by atoms with van der Waals surface area (Å²) in [5.41, 5.74) is -0.276. The number of hydrogen-bond donors (Lipinski definition) is 0. The average Bonchev–Trinajstić information content (AvgIpc) is 3.19. The zero-order chi connectivity index (χ0) is 19.0. The van der Waals surface area contributed by atoms with Crippen LogP contribution in [0.1, 0.15) is 64.5 Å². The van der Waals surface area contributed by atoms with Crippen LogP contribution in [0.15, 0.2) is 12.4 Å². The molecule has 0 unspecified atom stereocenters. The van der Waals surface area contributed by atoms with E-state index in [9.17, 15) is 8.78 Å². The standard InChI is InChI=1S/C15H21F2N3O2.C4H10/c1-21-10-15-4-2-8-20(15)11(3-5-15)9-22-14-12(13(16)17)18-6-7-19-14;1-3-4-2/h6-7,11,13H,2-5,8-10H2,1H3;3-4H2,1-2H3/t11-,15-;/m0./s1. The van der Waals surface area contributed by atoms with E-state index < -0.39 is 6.43 Å². The molecule has 0 amide bonds. The van der Waals surface area contributed by atoms with Gasteiger partial charge in [-0.15, -0.1) is 0 Å². The Morgan fingerprint density at radius 2 is 1.96 bits per heavy atom. The molecule has 0 spiro atoms. The normalized spacial score (nSPS) is 25.1. The molecule has 0 aromatic carbocycles. The zero-order valence-electron chi connectivity index (χ0n) is 16.1. The first kappa shape index (κ1) is 21.0. The molecule has 1 aromatic rings. The van der Waals surface area contributed by atoms with Crippen molar-refractivity contribution in [1.82, 2.24) is 14.9 Å². The van der Waals surface area contributed by atoms with Crippen molar-refractivity contribution in [2.45, 2.75) is 70.4 Å². The van der Waals surface area contributed by atoms with Crippen molar-refractivity contribution in [2.75, 3.05) is 26.9 Å². The van der Waals surface area contributed by atoms with E-state index in [4.69, 9.17) is 9.47 Å². The summed E-state index contributed by atoms with van der Waals surface area (Å²) in [6, 6.07) is 0.227. The van der Waals surface area contributed by atoms with Gasteiger partial charge in [0.05, 0.1) is 6.61 Å². The molecule has 2 aliphatic heterocycles. The topological polar surface area (TPSA) is 47.5 Å². The van der Waals surface area contributed by atoms with Crippen LogP contribution in [0.3, 0.4) is 0 Å². The first-order valence-electron chi connectivity index (χ1n) is 9.55. The maximum atomic E-state index is 12.9. The summed E-state index contributed by atoms with van der Waals surface area (Å²) in [7, 11) is 1.73. The highest BCUT2D eigenvalue weighted by Gasteiger charge is 2.49. The van der Waals surface area contributed by atoms with Crippen LogP contribution in [0, 0.1) is 0 Å². The Morgan fingerprint density at radius 3 is 2.62 bits per heavy atom. The second-order valence-electron chi connectivity index (χ2n) is 7.01. The molecule has 2 aliphatic rings. The van der Waals surface area contributed by atoms with Gasteiger partial charge in [-0.05, 0) is 32.2 Å². The van der Waals surface area contributed by atoms with Crippen molar-refractivity contribution >= 4 is 0 Å². The molecule has 0 radical (unpaired) electrons. The van der Waals surface area contributed by atoms with Crippen molar-refractivity contribution in [1.29, 1.82) is 0 Å². The van der Waals surface area contributed by atoms with Crippen molar-refractivity contribution in [2.24, 2.45) is 0 Å². The minimum atomic E-state index is -2.67. The Hall–Kier alpha value is -1.34. The first-order valence-corrected chi connectivity index (χ1v) is 9.55. The van der Waals surface area contributed by atoms with Gasteiger partial charge < -0.3 is 9.47 Å². The summed E-state index contributed by atoms with van der Waals surface area (Å²) >= 11 is 0. The minimum Gasteiger partial charge on any atom is -0.475 e. The monoisotopic (exact) mass is 371 g/mol. The Labute approximate surface area is 155 Å². The summed E-state index contributed by atoms with van der Waals surface area (Å²) < 4.78 is 36.8. The molecular weight excluding hydrogens is 340 g/mol. The zero-order valence-corrected chi connectivity index (χ0v) is 16.1. The van der Waals surface area contributed by atoms with E-state index in [2.05, 4.69) is 28.7 Å². The third kappa shape index (κ3) is 4.88. The molecule has 26 heavy (non-hydrogen) atoms. The molecule has 2 saturated heterocycles. The van der Waals surface area contributed by atoms with Crippen molar-refractivity contribution in [3.05, 3.63) is 18.1 Å². The Bertz CT molecular complexity index is 545. The fourth-order valence-corrected chi connectivity index (χ4v) is 3.83. The van der Waals surface area contributed by atoms with E-state index in [1.807, 2.05) is 0 Å². The first-order chi connectivity index (χ1) is 12.6. The predicted molar refractivity (Wildman–Crippen MR) is 96.6 cm³/mol. The summed E-state index contributed by atoms with van der Waals surface area (Å²) in [5, 5.41) is 0. The van der Waals surface area contributed by atoms with Gasteiger partial charge in [0.25, 0.3) is 6.43 Å². The number of nitrogens with zero attached hydrogens (tertiary/aromatic N) is 3. The highest BCUT2D eigenvalue weighted by Crippen LogP contribution is 2.42. The summed E-state index contributed by atoms with van der Waals surface area (Å²) in [5.74, 6) is -0.0547. The number of methoxy groups -OCH3 is 1. The van der Waals surface area contributed by atoms with Crippen molar-refractivity contribution in [3.63, 3.8) is 0 Å². The SMILES string of the molecule is CCCC.COC[C@@]12CCCN1[C@H](COc1nccnc1C(F)F)CC2. The number of aromatic nitrogens is 2. The van der Waals surface area contributed by atoms with Crippen LogP contribution in [0.4, 0.5) is 8.78 Å². The summed E-state index contributed by atoms with van der Waals surface area (Å²) in [6.45, 7) is 6.46. The molecule has 0 saturated carbocycles. The fourth-order valence-electron chi connectivity index (χ4n) is 3.83. The Balaban J connectivity index is 0.000000552. The summed E-state index contributed by atoms with van der Waals surface area (Å²) in [4.78, 5) is 9.98. The van der Waals surface area contributed by atoms with Gasteiger partial charge in [-0.3, -0.25) is 4.90 Å². The lowest BCUT2D eigenvalue weighted by molar-refractivity contribution is 0.0389. The molecule has 148 valence electrons. The molecule has 0 aliphatic carbocycles. The molecule has 1 aromatic heterocycles. The third-order valence-electron chi connectivity index (χ3n) is 5.26. The van der Waals surface area contributed by atoms with Gasteiger partial charge in [-0.2, -0.15) is 0 Å². The van der Waals surface area contributed by atoms with Gasteiger partial charge in [0.15, 0.2) is 5.69 Å². The summed E-state index contributed by atoms with van der Waals surface area (Å²) in [6.07, 6.45) is 6.93. The van der Waals surface area contributed by atoms with Gasteiger partial charge in [-0.1, -0.05) is 26.7 Å². The maximum Gasteiger partial charge on any atom is 0.285 e. The van der Waals surface area contributed by atoms with Crippen LogP contribution in [-0.4, -0.2) is 53.3 Å². The lowest BCUT2D eigenvalue weighted by Gasteiger charge is -2.34. The smallest absolute Gasteiger partial charge is 0.285 e. The maximum absolute atomic E-state index is 12.9. The lowest BCUT2D eigenvalue weighted by Crippen LogP contribution is -2.47. The molecule has 0 bridgehead atoms. The largest absolute Gasteiger partial charge is 0.475 e. The Kier molecular flexibility index (Phi) is 8.15. The highest BCUT2D eigenvalue weighted by atomic mass is 19.3. The number of rotatable bonds is 7. The number of unbranched alkanes of at least 4 members (excludes halogenated alkanes) is 1. The van der Waals surface area contributed by atoms with Crippen LogP contribution in [0.2, 0.25) is 0 Å². The number of fused-ring (bicyclic) bond motifs is 1. The number of halogens is 2. The second kappa shape index (κ2) is 10.1. The highest BCUT2D eigenvalue weighted by molar-refractivity contribution is 5.18. The predicted octanol–water partition coefficient (Wildman–Crippen LogP) is 4.24. The number of hydrogen-bond acceptors (Lipinski definition) is 5. The Morgan fingerprint density at radius 1 is 1.23 bits per heavy atom. The van der Waals surface area contributed by atoms with Crippen molar-refractivity contribution < 1.29 is 18.3 Å². The van der Waals surface area contributed by atoms with Gasteiger partial charge in [-0.25, -0.2) is 18.7 Å². The molecule has 0 N–H and O–H groups in total. The van der Waals surface area contributed by atoms with E-state index in [1.54, 1.807) is 7.11 Å². The third-order valence-corrected chi connectivity index (χ3v) is 5.26. The van der Waals surface area contributed by atoms with Crippen molar-refractivity contribution in [3.8, 4) is 5.88 Å². The molecule has 7 heteroatoms. The van der Waals surface area contributed by atoms with E-state index in [0.717, 1.165) is 38.8 Å². The average molecular weight is 371 g/mol. The van der Waals surface area contributed by atoms with Gasteiger partial charge in [0.1, 0.15) is 6.61 Å². The lowest BCUT2D eigenvalue weighted by atomic mass is 9.95. The molecule has 5 nitrogen and oxygen atoms in total. The number of alkyl halides is 2. The number of ether oxygens (including phenoxy) is 2. The molecule has 2 atom stereocenters. The van der Waals surface area contributed by atoms with Gasteiger partial charge in [0.2, 0.25) is 5.88 Å². The minimum absolute atomic E-state index is 0.0547. The van der Waals surface area contributed by atoms with E-state index in [1.165, 1.54) is 25.2 Å². The quantitative estimate of drug-likeness (QED) is 0.717. The molecule has 3 heterocycles. The molecular formula is C19H31F2N3O2. The second-order valence-corrected chi connectivity index (χ2v) is 7.01. The van der Waals surface area contributed by atoms with Crippen LogP contribution >= 0.6 is 0 Å². The van der Waals surface area contributed by atoms with Gasteiger partial charge >= 0.3 is 0 Å². The van der Waals surface area contributed by atoms with Gasteiger partial charge in [0, 0.05) is 31.1 Å². The van der Waals surface area contributed by atoms with E-state index in [0.29, 0.717) is 6.61 Å². The van der Waals surface area contributed by atoms with Crippen LogP contribution in [-0.2, 0) is 4.74 Å². The van der Waals surface area contributed by atoms with Crippen LogP contribution < -0.4 is 4.74 Å². The van der Waals surface area contributed by atoms with Crippen LogP contribution in [0.5, 0.6) is 5.88 Å². The fraction of sp³-hybridized carbons (Fsp3) is 0.789. The molecule has 2 fully saturated rings. The van der Waals surface area contributed by atoms with E-state index in [-0.39, 0.29) is 23.2 Å².